The monoisotopic (exact) mass is 364 g/mol. The van der Waals surface area contributed by atoms with E-state index in [9.17, 15) is 0 Å². The molecule has 0 saturated carbocycles. The van der Waals surface area contributed by atoms with E-state index in [0.29, 0.717) is 0 Å². The van der Waals surface area contributed by atoms with E-state index >= 15 is 0 Å². The van der Waals surface area contributed by atoms with Crippen LogP contribution in [0.3, 0.4) is 0 Å². The van der Waals surface area contributed by atoms with E-state index in [4.69, 9.17) is 14.2 Å². The summed E-state index contributed by atoms with van der Waals surface area (Å²) in [5.74, 6) is 1.73. The molecule has 4 rings (SSSR count). The van der Waals surface area contributed by atoms with Crippen LogP contribution >= 0.6 is 0 Å². The predicted molar refractivity (Wildman–Crippen MR) is 104 cm³/mol. The van der Waals surface area contributed by atoms with Crippen molar-refractivity contribution in [3.8, 4) is 17.2 Å². The number of nitrogens with zero attached hydrogens (tertiary/aromatic N) is 2. The lowest BCUT2D eigenvalue weighted by Crippen LogP contribution is -2.23. The molecule has 0 radical (unpaired) electrons. The highest BCUT2D eigenvalue weighted by molar-refractivity contribution is 5.47. The van der Waals surface area contributed by atoms with Crippen LogP contribution < -0.4 is 9.47 Å². The second kappa shape index (κ2) is 7.86. The van der Waals surface area contributed by atoms with E-state index in [0.717, 1.165) is 42.4 Å². The number of methoxy groups -OCH3 is 2. The molecule has 3 aromatic rings. The summed E-state index contributed by atoms with van der Waals surface area (Å²) in [4.78, 5) is 2.35. The Morgan fingerprint density at radius 2 is 1.81 bits per heavy atom. The van der Waals surface area contributed by atoms with Gasteiger partial charge in [-0.3, -0.25) is 4.90 Å². The van der Waals surface area contributed by atoms with E-state index in [-0.39, 0.29) is 6.23 Å². The number of ether oxygens (including phenoxy) is 3. The molecule has 1 saturated heterocycles. The largest absolute Gasteiger partial charge is 0.497 e. The summed E-state index contributed by atoms with van der Waals surface area (Å²) < 4.78 is 18.8. The molecule has 140 valence electrons. The van der Waals surface area contributed by atoms with Crippen molar-refractivity contribution < 1.29 is 14.2 Å². The Kier molecular flexibility index (Phi) is 5.14. The normalized spacial score (nSPS) is 17.2. The van der Waals surface area contributed by atoms with Gasteiger partial charge in [-0.05, 0) is 35.9 Å². The lowest BCUT2D eigenvalue weighted by molar-refractivity contribution is 0.0288. The van der Waals surface area contributed by atoms with Gasteiger partial charge in [-0.25, -0.2) is 0 Å². The number of benzene rings is 2. The molecule has 1 fully saturated rings. The molecule has 0 unspecified atom stereocenters. The van der Waals surface area contributed by atoms with E-state index in [1.807, 2.05) is 36.4 Å². The molecular formula is C22H24N2O3. The molecule has 2 heterocycles. The Morgan fingerprint density at radius 1 is 1.00 bits per heavy atom. The third kappa shape index (κ3) is 3.70. The van der Waals surface area contributed by atoms with Gasteiger partial charge in [-0.15, -0.1) is 0 Å². The van der Waals surface area contributed by atoms with Gasteiger partial charge in [0.1, 0.15) is 17.7 Å². The first-order chi connectivity index (χ1) is 13.3. The average Bonchev–Trinajstić information content (AvgIpc) is 3.38. The summed E-state index contributed by atoms with van der Waals surface area (Å²) >= 11 is 0. The van der Waals surface area contributed by atoms with Gasteiger partial charge in [0.25, 0.3) is 0 Å². The standard InChI is InChI=1S/C22H24N2O3/c1-25-19-9-7-17(8-10-19)15-24-13-14-27-22(24)18-11-12-23(16-18)20-5-3-4-6-21(20)26-2/h3-12,16,22H,13-15H2,1-2H3/t22-/m0/s1. The smallest absolute Gasteiger partial charge is 0.142 e. The van der Waals surface area contributed by atoms with E-state index in [1.165, 1.54) is 5.56 Å². The fourth-order valence-corrected chi connectivity index (χ4v) is 3.49. The summed E-state index contributed by atoms with van der Waals surface area (Å²) in [6, 6.07) is 18.3. The fraction of sp³-hybridized carbons (Fsp3) is 0.273. The maximum absolute atomic E-state index is 6.03. The van der Waals surface area contributed by atoms with Crippen LogP contribution in [0.2, 0.25) is 0 Å². The number of para-hydroxylation sites is 2. The zero-order chi connectivity index (χ0) is 18.6. The SMILES string of the molecule is COc1ccc(CN2CCO[C@H]2c2ccn(-c3ccccc3OC)c2)cc1. The van der Waals surface area contributed by atoms with Crippen molar-refractivity contribution >= 4 is 0 Å². The van der Waals surface area contributed by atoms with Crippen molar-refractivity contribution in [2.24, 2.45) is 0 Å². The minimum atomic E-state index is -0.0388. The Hall–Kier alpha value is -2.76. The van der Waals surface area contributed by atoms with Crippen LogP contribution in [0.5, 0.6) is 11.5 Å². The van der Waals surface area contributed by atoms with Crippen LogP contribution in [0.1, 0.15) is 17.4 Å². The highest BCUT2D eigenvalue weighted by atomic mass is 16.5. The van der Waals surface area contributed by atoms with E-state index < -0.39 is 0 Å². The highest BCUT2D eigenvalue weighted by Gasteiger charge is 2.27. The third-order valence-corrected chi connectivity index (χ3v) is 4.89. The molecule has 0 bridgehead atoms. The molecule has 1 atom stereocenters. The Morgan fingerprint density at radius 3 is 2.59 bits per heavy atom. The first kappa shape index (κ1) is 17.6. The Labute approximate surface area is 159 Å². The molecule has 1 aliphatic rings. The first-order valence-corrected chi connectivity index (χ1v) is 9.08. The van der Waals surface area contributed by atoms with Crippen LogP contribution in [0.25, 0.3) is 5.69 Å². The third-order valence-electron chi connectivity index (χ3n) is 4.89. The number of hydrogen-bond donors (Lipinski definition) is 0. The molecule has 0 spiro atoms. The van der Waals surface area contributed by atoms with Gasteiger partial charge in [0.15, 0.2) is 0 Å². The van der Waals surface area contributed by atoms with Crippen LogP contribution in [0.15, 0.2) is 67.0 Å². The minimum absolute atomic E-state index is 0.0388. The quantitative estimate of drug-likeness (QED) is 0.662. The average molecular weight is 364 g/mol. The molecule has 5 heteroatoms. The topological polar surface area (TPSA) is 35.9 Å². The summed E-state index contributed by atoms with van der Waals surface area (Å²) in [5, 5.41) is 0. The van der Waals surface area contributed by atoms with Crippen LogP contribution in [0, 0.1) is 0 Å². The fourth-order valence-electron chi connectivity index (χ4n) is 3.49. The van der Waals surface area contributed by atoms with Gasteiger partial charge >= 0.3 is 0 Å². The second-order valence-corrected chi connectivity index (χ2v) is 6.57. The zero-order valence-corrected chi connectivity index (χ0v) is 15.7. The summed E-state index contributed by atoms with van der Waals surface area (Å²) in [7, 11) is 3.38. The zero-order valence-electron chi connectivity index (χ0n) is 15.7. The van der Waals surface area contributed by atoms with Gasteiger partial charge in [0.05, 0.1) is 26.5 Å². The van der Waals surface area contributed by atoms with Crippen molar-refractivity contribution in [3.05, 3.63) is 78.1 Å². The van der Waals surface area contributed by atoms with Gasteiger partial charge < -0.3 is 18.8 Å². The number of hydrogen-bond acceptors (Lipinski definition) is 4. The highest BCUT2D eigenvalue weighted by Crippen LogP contribution is 2.31. The molecular weight excluding hydrogens is 340 g/mol. The van der Waals surface area contributed by atoms with Crippen molar-refractivity contribution in [3.63, 3.8) is 0 Å². The van der Waals surface area contributed by atoms with E-state index in [2.05, 4.69) is 40.1 Å². The van der Waals surface area contributed by atoms with Crippen LogP contribution in [0.4, 0.5) is 0 Å². The molecule has 0 N–H and O–H groups in total. The van der Waals surface area contributed by atoms with Gasteiger partial charge in [0.2, 0.25) is 0 Å². The maximum Gasteiger partial charge on any atom is 0.142 e. The summed E-state index contributed by atoms with van der Waals surface area (Å²) in [6.45, 7) is 2.49. The summed E-state index contributed by atoms with van der Waals surface area (Å²) in [5.41, 5.74) is 3.41. The van der Waals surface area contributed by atoms with Crippen molar-refractivity contribution in [1.29, 1.82) is 0 Å². The minimum Gasteiger partial charge on any atom is -0.497 e. The van der Waals surface area contributed by atoms with Crippen LogP contribution in [-0.2, 0) is 11.3 Å². The Bertz CT molecular complexity index is 889. The van der Waals surface area contributed by atoms with Crippen molar-refractivity contribution in [2.75, 3.05) is 27.4 Å². The predicted octanol–water partition coefficient (Wildman–Crippen LogP) is 4.03. The molecule has 1 aliphatic heterocycles. The summed E-state index contributed by atoms with van der Waals surface area (Å²) in [6.07, 6.45) is 4.14. The van der Waals surface area contributed by atoms with Gasteiger partial charge in [-0.1, -0.05) is 24.3 Å². The molecule has 0 aliphatic carbocycles. The molecule has 2 aromatic carbocycles. The van der Waals surface area contributed by atoms with Gasteiger partial charge in [-0.2, -0.15) is 0 Å². The lowest BCUT2D eigenvalue weighted by Gasteiger charge is -2.22. The number of aromatic nitrogens is 1. The maximum atomic E-state index is 6.03. The van der Waals surface area contributed by atoms with Crippen molar-refractivity contribution in [1.82, 2.24) is 9.47 Å². The lowest BCUT2D eigenvalue weighted by atomic mass is 10.2. The first-order valence-electron chi connectivity index (χ1n) is 9.08. The van der Waals surface area contributed by atoms with E-state index in [1.54, 1.807) is 14.2 Å². The Balaban J connectivity index is 1.53. The molecule has 5 nitrogen and oxygen atoms in total. The molecule has 27 heavy (non-hydrogen) atoms. The molecule has 0 amide bonds. The van der Waals surface area contributed by atoms with Crippen molar-refractivity contribution in [2.45, 2.75) is 12.8 Å². The molecule has 1 aromatic heterocycles. The van der Waals surface area contributed by atoms with Crippen LogP contribution in [-0.4, -0.2) is 36.8 Å². The van der Waals surface area contributed by atoms with Gasteiger partial charge in [0, 0.05) is 31.0 Å². The number of rotatable bonds is 6. The second-order valence-electron chi connectivity index (χ2n) is 6.57.